The van der Waals surface area contributed by atoms with E-state index < -0.39 is 0 Å². The molecule has 0 N–H and O–H groups in total. The van der Waals surface area contributed by atoms with Gasteiger partial charge in [-0.2, -0.15) is 0 Å². The fourth-order valence-corrected chi connectivity index (χ4v) is 2.89. The van der Waals surface area contributed by atoms with Gasteiger partial charge < -0.3 is 0 Å². The van der Waals surface area contributed by atoms with Gasteiger partial charge in [-0.3, -0.25) is 0 Å². The first-order valence-electron chi connectivity index (χ1n) is 6.50. The van der Waals surface area contributed by atoms with Crippen LogP contribution in [0.1, 0.15) is 23.1 Å². The minimum absolute atomic E-state index is 0.975. The second-order valence-corrected chi connectivity index (χ2v) is 5.84. The van der Waals surface area contributed by atoms with Gasteiger partial charge in [0.1, 0.15) is 0 Å². The lowest BCUT2D eigenvalue weighted by Gasteiger charge is -2.06. The lowest BCUT2D eigenvalue weighted by atomic mass is 10.0. The molecule has 1 aromatic carbocycles. The highest BCUT2D eigenvalue weighted by atomic mass is 32.1. The maximum atomic E-state index is 4.77. The van der Waals surface area contributed by atoms with Crippen LogP contribution in [0.5, 0.6) is 0 Å². The smallest absolute Gasteiger partial charge is 0.0998 e. The van der Waals surface area contributed by atoms with Gasteiger partial charge in [-0.25, -0.2) is 9.97 Å². The predicted molar refractivity (Wildman–Crippen MR) is 81.7 cm³/mol. The summed E-state index contributed by atoms with van der Waals surface area (Å²) in [4.78, 5) is 9.30. The number of rotatable bonds is 2. The molecule has 0 aliphatic carbocycles. The molecule has 0 aliphatic heterocycles. The highest BCUT2D eigenvalue weighted by molar-refractivity contribution is 7.09. The number of hydrogen-bond acceptors (Lipinski definition) is 3. The molecule has 2 heterocycles. The van der Waals surface area contributed by atoms with E-state index in [9.17, 15) is 0 Å². The lowest BCUT2D eigenvalue weighted by Crippen LogP contribution is -1.91. The first-order chi connectivity index (χ1) is 9.17. The first kappa shape index (κ1) is 12.3. The van der Waals surface area contributed by atoms with Gasteiger partial charge in [-0.05, 0) is 43.5 Å². The second kappa shape index (κ2) is 4.74. The molecule has 0 saturated carbocycles. The molecular weight excluding hydrogens is 252 g/mol. The van der Waals surface area contributed by atoms with E-state index >= 15 is 0 Å². The molecule has 2 nitrogen and oxygen atoms in total. The Morgan fingerprint density at radius 2 is 1.89 bits per heavy atom. The van der Waals surface area contributed by atoms with Crippen molar-refractivity contribution in [3.05, 3.63) is 45.8 Å². The average Bonchev–Trinajstić information content (AvgIpc) is 2.84. The average molecular weight is 268 g/mol. The number of aromatic nitrogens is 2. The Morgan fingerprint density at radius 3 is 2.58 bits per heavy atom. The minimum atomic E-state index is 0.975. The van der Waals surface area contributed by atoms with Crippen molar-refractivity contribution >= 4 is 22.2 Å². The van der Waals surface area contributed by atoms with E-state index in [1.165, 1.54) is 16.5 Å². The van der Waals surface area contributed by atoms with Crippen LogP contribution in [0.25, 0.3) is 22.3 Å². The Hall–Kier alpha value is -1.74. The molecular formula is C16H16N2S. The molecule has 19 heavy (non-hydrogen) atoms. The Bertz CT molecular complexity index is 744. The quantitative estimate of drug-likeness (QED) is 0.682. The molecule has 0 atom stereocenters. The molecule has 3 heteroatoms. The van der Waals surface area contributed by atoms with Crippen molar-refractivity contribution in [2.45, 2.75) is 27.2 Å². The summed E-state index contributed by atoms with van der Waals surface area (Å²) >= 11 is 1.67. The number of fused-ring (bicyclic) bond motifs is 1. The van der Waals surface area contributed by atoms with Crippen LogP contribution in [0.4, 0.5) is 0 Å². The lowest BCUT2D eigenvalue weighted by molar-refractivity contribution is 1.14. The van der Waals surface area contributed by atoms with Crippen LogP contribution in [0.3, 0.4) is 0 Å². The van der Waals surface area contributed by atoms with Gasteiger partial charge in [-0.15, -0.1) is 11.3 Å². The van der Waals surface area contributed by atoms with Crippen molar-refractivity contribution in [2.24, 2.45) is 0 Å². The van der Waals surface area contributed by atoms with Gasteiger partial charge in [-0.1, -0.05) is 19.1 Å². The third kappa shape index (κ3) is 2.26. The molecule has 0 unspecified atom stereocenters. The number of benzene rings is 1. The zero-order chi connectivity index (χ0) is 13.4. The summed E-state index contributed by atoms with van der Waals surface area (Å²) in [5.41, 5.74) is 5.61. The van der Waals surface area contributed by atoms with Crippen LogP contribution in [0, 0.1) is 13.8 Å². The highest BCUT2D eigenvalue weighted by Crippen LogP contribution is 2.26. The normalized spacial score (nSPS) is 11.1. The molecule has 3 rings (SSSR count). The van der Waals surface area contributed by atoms with Gasteiger partial charge in [0.15, 0.2) is 0 Å². The van der Waals surface area contributed by atoms with E-state index in [1.807, 2.05) is 6.92 Å². The molecule has 0 bridgehead atoms. The molecule has 0 fully saturated rings. The molecule has 0 amide bonds. The van der Waals surface area contributed by atoms with E-state index in [0.29, 0.717) is 0 Å². The van der Waals surface area contributed by atoms with Crippen molar-refractivity contribution in [1.29, 1.82) is 0 Å². The monoisotopic (exact) mass is 268 g/mol. The fraction of sp³-hybridized carbons (Fsp3) is 0.250. The summed E-state index contributed by atoms with van der Waals surface area (Å²) in [5, 5.41) is 4.39. The number of thiazole rings is 1. The third-order valence-corrected chi connectivity index (χ3v) is 4.14. The molecule has 96 valence electrons. The molecule has 0 radical (unpaired) electrons. The second-order valence-electron chi connectivity index (χ2n) is 4.78. The van der Waals surface area contributed by atoms with Gasteiger partial charge >= 0.3 is 0 Å². The number of hydrogen-bond donors (Lipinski definition) is 0. The van der Waals surface area contributed by atoms with E-state index in [0.717, 1.165) is 28.3 Å². The third-order valence-electron chi connectivity index (χ3n) is 3.37. The van der Waals surface area contributed by atoms with Crippen LogP contribution >= 0.6 is 11.3 Å². The zero-order valence-electron chi connectivity index (χ0n) is 11.4. The van der Waals surface area contributed by atoms with Crippen LogP contribution < -0.4 is 0 Å². The summed E-state index contributed by atoms with van der Waals surface area (Å²) in [5.74, 6) is 0. The Labute approximate surface area is 117 Å². The molecule has 0 saturated heterocycles. The summed E-state index contributed by atoms with van der Waals surface area (Å²) in [6, 6.07) is 8.67. The van der Waals surface area contributed by atoms with Crippen molar-refractivity contribution in [3.63, 3.8) is 0 Å². The molecule has 3 aromatic rings. The minimum Gasteiger partial charge on any atom is -0.246 e. The topological polar surface area (TPSA) is 25.8 Å². The van der Waals surface area contributed by atoms with Gasteiger partial charge in [0.2, 0.25) is 0 Å². The summed E-state index contributed by atoms with van der Waals surface area (Å²) in [7, 11) is 0. The van der Waals surface area contributed by atoms with Crippen molar-refractivity contribution in [1.82, 2.24) is 9.97 Å². The predicted octanol–water partition coefficient (Wildman–Crippen LogP) is 4.54. The van der Waals surface area contributed by atoms with Crippen molar-refractivity contribution in [3.8, 4) is 11.4 Å². The van der Waals surface area contributed by atoms with Gasteiger partial charge in [0.05, 0.1) is 21.9 Å². The van der Waals surface area contributed by atoms with E-state index in [-0.39, 0.29) is 0 Å². The zero-order valence-corrected chi connectivity index (χ0v) is 12.2. The van der Waals surface area contributed by atoms with Crippen LogP contribution in [-0.4, -0.2) is 9.97 Å². The van der Waals surface area contributed by atoms with Gasteiger partial charge in [0, 0.05) is 10.8 Å². The fourth-order valence-electron chi connectivity index (χ4n) is 2.28. The number of pyridine rings is 1. The number of aryl methyl sites for hydroxylation is 3. The highest BCUT2D eigenvalue weighted by Gasteiger charge is 2.08. The Kier molecular flexibility index (Phi) is 3.07. The first-order valence-corrected chi connectivity index (χ1v) is 7.38. The Morgan fingerprint density at radius 1 is 1.05 bits per heavy atom. The van der Waals surface area contributed by atoms with Gasteiger partial charge in [0.25, 0.3) is 0 Å². The van der Waals surface area contributed by atoms with E-state index in [4.69, 9.17) is 4.98 Å². The van der Waals surface area contributed by atoms with E-state index in [1.54, 1.807) is 11.3 Å². The molecule has 2 aromatic heterocycles. The maximum Gasteiger partial charge on any atom is 0.0998 e. The summed E-state index contributed by atoms with van der Waals surface area (Å²) in [6.07, 6.45) is 1.04. The summed E-state index contributed by atoms with van der Waals surface area (Å²) in [6.45, 7) is 6.33. The Balaban J connectivity index is 2.22. The molecule has 0 spiro atoms. The van der Waals surface area contributed by atoms with Crippen LogP contribution in [0.2, 0.25) is 0 Å². The van der Waals surface area contributed by atoms with Crippen molar-refractivity contribution in [2.75, 3.05) is 0 Å². The SMILES string of the molecule is CCc1ccc2c(C)cc(-c3csc(C)n3)nc2c1. The maximum absolute atomic E-state index is 4.77. The standard InChI is InChI=1S/C16H16N2S/c1-4-12-5-6-13-10(2)7-15(18-14(13)8-12)16-9-19-11(3)17-16/h5-9H,4H2,1-3H3. The van der Waals surface area contributed by atoms with E-state index in [2.05, 4.69) is 48.5 Å². The molecule has 0 aliphatic rings. The van der Waals surface area contributed by atoms with Crippen molar-refractivity contribution < 1.29 is 0 Å². The summed E-state index contributed by atoms with van der Waals surface area (Å²) < 4.78 is 0. The van der Waals surface area contributed by atoms with Crippen LogP contribution in [0.15, 0.2) is 29.6 Å². The number of nitrogens with zero attached hydrogens (tertiary/aromatic N) is 2. The van der Waals surface area contributed by atoms with Crippen LogP contribution in [-0.2, 0) is 6.42 Å². The largest absolute Gasteiger partial charge is 0.246 e.